The number of halogens is 1. The van der Waals surface area contributed by atoms with Gasteiger partial charge in [-0.3, -0.25) is 0 Å². The van der Waals surface area contributed by atoms with E-state index in [1.54, 1.807) is 0 Å². The second-order valence-electron chi connectivity index (χ2n) is 3.53. The Kier molecular flexibility index (Phi) is 2.83. The van der Waals surface area contributed by atoms with E-state index in [0.717, 1.165) is 12.8 Å². The van der Waals surface area contributed by atoms with Crippen molar-refractivity contribution in [3.8, 4) is 6.07 Å². The van der Waals surface area contributed by atoms with E-state index in [1.165, 1.54) is 4.46 Å². The molecule has 0 aromatic heterocycles. The van der Waals surface area contributed by atoms with Crippen molar-refractivity contribution in [1.82, 2.24) is 0 Å². The number of rotatable bonds is 2. The number of hydrogen-bond acceptors (Lipinski definition) is 1. The van der Waals surface area contributed by atoms with Crippen molar-refractivity contribution in [3.63, 3.8) is 0 Å². The van der Waals surface area contributed by atoms with E-state index >= 15 is 0 Å². The van der Waals surface area contributed by atoms with Crippen LogP contribution in [0.15, 0.2) is 30.3 Å². The first kappa shape index (κ1) is 10.1. The van der Waals surface area contributed by atoms with Crippen molar-refractivity contribution in [2.24, 2.45) is 5.92 Å². The number of alkyl halides is 1. The zero-order valence-electron chi connectivity index (χ0n) is 7.61. The molecule has 0 unspecified atom stereocenters. The summed E-state index contributed by atoms with van der Waals surface area (Å²) in [5, 5.41) is 8.68. The summed E-state index contributed by atoms with van der Waals surface area (Å²) in [6, 6.07) is 12.6. The van der Waals surface area contributed by atoms with Crippen LogP contribution in [0.5, 0.6) is 0 Å². The minimum absolute atomic E-state index is 0.0885. The molecule has 0 atom stereocenters. The van der Waals surface area contributed by atoms with Gasteiger partial charge in [0.25, 0.3) is 0 Å². The molecular formula is C11H10ClNSe. The van der Waals surface area contributed by atoms with Gasteiger partial charge in [0.15, 0.2) is 0 Å². The number of nitriles is 1. The maximum atomic E-state index is 8.68. The van der Waals surface area contributed by atoms with Gasteiger partial charge in [0, 0.05) is 0 Å². The first-order valence-corrected chi connectivity index (χ1v) is 6.63. The van der Waals surface area contributed by atoms with E-state index in [4.69, 9.17) is 16.9 Å². The maximum absolute atomic E-state index is 8.68. The fraction of sp³-hybridized carbons (Fsp3) is 0.364. The molecule has 3 heteroatoms. The molecule has 1 saturated carbocycles. The second kappa shape index (κ2) is 3.95. The molecule has 0 heterocycles. The van der Waals surface area contributed by atoms with Crippen LogP contribution < -0.4 is 4.46 Å². The molecule has 72 valence electrons. The molecule has 1 fully saturated rings. The minimum atomic E-state index is -0.0885. The SMILES string of the molecule is N#CC1CC(Cl)([Se]c2ccccc2)C1. The predicted molar refractivity (Wildman–Crippen MR) is 58.8 cm³/mol. The van der Waals surface area contributed by atoms with E-state index in [9.17, 15) is 0 Å². The fourth-order valence-electron chi connectivity index (χ4n) is 1.55. The van der Waals surface area contributed by atoms with E-state index < -0.39 is 0 Å². The first-order chi connectivity index (χ1) is 6.72. The molecule has 1 aliphatic rings. The van der Waals surface area contributed by atoms with Gasteiger partial charge in [-0.15, -0.1) is 0 Å². The van der Waals surface area contributed by atoms with Crippen molar-refractivity contribution < 1.29 is 0 Å². The number of hydrogen-bond donors (Lipinski definition) is 0. The summed E-state index contributed by atoms with van der Waals surface area (Å²) in [7, 11) is 0. The third-order valence-corrected chi connectivity index (χ3v) is 5.57. The molecule has 1 aliphatic carbocycles. The zero-order chi connectivity index (χ0) is 10.0. The molecule has 0 aliphatic heterocycles. The second-order valence-corrected chi connectivity index (χ2v) is 7.82. The third-order valence-electron chi connectivity index (χ3n) is 2.33. The third kappa shape index (κ3) is 2.12. The van der Waals surface area contributed by atoms with Crippen LogP contribution >= 0.6 is 11.6 Å². The summed E-state index contributed by atoms with van der Waals surface area (Å²) in [4.78, 5) is 0. The molecule has 0 N–H and O–H groups in total. The van der Waals surface area contributed by atoms with Crippen LogP contribution in [-0.2, 0) is 0 Å². The molecule has 0 bridgehead atoms. The van der Waals surface area contributed by atoms with Crippen molar-refractivity contribution in [3.05, 3.63) is 30.3 Å². The van der Waals surface area contributed by atoms with Gasteiger partial charge in [0.05, 0.1) is 0 Å². The van der Waals surface area contributed by atoms with Crippen LogP contribution in [0.4, 0.5) is 0 Å². The molecule has 0 spiro atoms. The molecule has 1 nitrogen and oxygen atoms in total. The predicted octanol–water partition coefficient (Wildman–Crippen LogP) is 1.88. The summed E-state index contributed by atoms with van der Waals surface area (Å²) in [5.74, 6) is 0.193. The van der Waals surface area contributed by atoms with Gasteiger partial charge in [-0.25, -0.2) is 0 Å². The molecule has 0 saturated heterocycles. The number of nitrogens with zero attached hydrogens (tertiary/aromatic N) is 1. The Bertz CT molecular complexity index is 351. The molecule has 0 amide bonds. The fourth-order valence-corrected chi connectivity index (χ4v) is 5.08. The molecule has 14 heavy (non-hydrogen) atoms. The van der Waals surface area contributed by atoms with E-state index in [-0.39, 0.29) is 9.69 Å². The first-order valence-electron chi connectivity index (χ1n) is 4.54. The van der Waals surface area contributed by atoms with Gasteiger partial charge >= 0.3 is 95.2 Å². The van der Waals surface area contributed by atoms with Crippen molar-refractivity contribution >= 4 is 31.0 Å². The van der Waals surface area contributed by atoms with Crippen LogP contribution in [-0.4, -0.2) is 18.7 Å². The summed E-state index contributed by atoms with van der Waals surface area (Å²) in [5.41, 5.74) is 0. The van der Waals surface area contributed by atoms with E-state index in [2.05, 4.69) is 18.2 Å². The van der Waals surface area contributed by atoms with Crippen LogP contribution in [0.1, 0.15) is 12.8 Å². The van der Waals surface area contributed by atoms with Crippen molar-refractivity contribution in [2.75, 3.05) is 0 Å². The molecular weight excluding hydrogens is 261 g/mol. The summed E-state index contributed by atoms with van der Waals surface area (Å²) in [6.45, 7) is 0. The Morgan fingerprint density at radius 2 is 2.00 bits per heavy atom. The number of benzene rings is 1. The van der Waals surface area contributed by atoms with E-state index in [1.807, 2.05) is 18.2 Å². The van der Waals surface area contributed by atoms with Gasteiger partial charge in [-0.1, -0.05) is 0 Å². The molecule has 2 rings (SSSR count). The quantitative estimate of drug-likeness (QED) is 0.595. The molecule has 1 aromatic rings. The monoisotopic (exact) mass is 271 g/mol. The topological polar surface area (TPSA) is 23.8 Å². The summed E-state index contributed by atoms with van der Waals surface area (Å²) < 4.78 is 1.24. The molecule has 0 radical (unpaired) electrons. The Labute approximate surface area is 95.2 Å². The van der Waals surface area contributed by atoms with Crippen molar-refractivity contribution in [2.45, 2.75) is 16.6 Å². The van der Waals surface area contributed by atoms with Crippen LogP contribution in [0.25, 0.3) is 0 Å². The average molecular weight is 271 g/mol. The Morgan fingerprint density at radius 3 is 2.57 bits per heavy atom. The normalized spacial score (nSPS) is 30.4. The van der Waals surface area contributed by atoms with Gasteiger partial charge in [-0.2, -0.15) is 0 Å². The standard InChI is InChI=1S/C11H10ClNSe/c12-11(6-9(7-11)8-13)14-10-4-2-1-3-5-10/h1-5,9H,6-7H2. The van der Waals surface area contributed by atoms with Gasteiger partial charge in [-0.05, 0) is 0 Å². The van der Waals surface area contributed by atoms with Crippen LogP contribution in [0.3, 0.4) is 0 Å². The van der Waals surface area contributed by atoms with Crippen LogP contribution in [0.2, 0.25) is 0 Å². The average Bonchev–Trinajstić information content (AvgIpc) is 2.15. The Balaban J connectivity index is 1.97. The summed E-state index contributed by atoms with van der Waals surface area (Å²) in [6.07, 6.45) is 1.72. The van der Waals surface area contributed by atoms with Crippen molar-refractivity contribution in [1.29, 1.82) is 5.26 Å². The van der Waals surface area contributed by atoms with E-state index in [0.29, 0.717) is 15.0 Å². The Morgan fingerprint density at radius 1 is 1.36 bits per heavy atom. The molecule has 1 aromatic carbocycles. The zero-order valence-corrected chi connectivity index (χ0v) is 10.1. The van der Waals surface area contributed by atoms with Crippen LogP contribution in [0, 0.1) is 17.2 Å². The summed E-state index contributed by atoms with van der Waals surface area (Å²) >= 11 is 6.69. The Hall–Kier alpha value is -0.481. The van der Waals surface area contributed by atoms with Gasteiger partial charge in [0.2, 0.25) is 0 Å². The van der Waals surface area contributed by atoms with Gasteiger partial charge in [0.1, 0.15) is 0 Å². The van der Waals surface area contributed by atoms with Gasteiger partial charge < -0.3 is 0 Å².